The third-order valence-electron chi connectivity index (χ3n) is 1.06. The molecule has 0 heterocycles. The summed E-state index contributed by atoms with van der Waals surface area (Å²) in [5.74, 6) is 0. The number of hydrogen-bond donors (Lipinski definition) is 0. The van der Waals surface area contributed by atoms with Crippen LogP contribution in [-0.4, -0.2) is 6.19 Å². The van der Waals surface area contributed by atoms with Crippen LogP contribution in [0.3, 0.4) is 0 Å². The molecule has 0 bridgehead atoms. The van der Waals surface area contributed by atoms with E-state index in [1.807, 2.05) is 0 Å². The van der Waals surface area contributed by atoms with Crippen LogP contribution in [0.5, 0.6) is 0 Å². The van der Waals surface area contributed by atoms with Gasteiger partial charge in [0.15, 0.2) is 0 Å². The molecule has 0 saturated heterocycles. The first-order chi connectivity index (χ1) is 5.02. The van der Waals surface area contributed by atoms with Crippen molar-refractivity contribution in [2.75, 3.05) is 0 Å². The van der Waals surface area contributed by atoms with Gasteiger partial charge in [-0.3, -0.25) is 0 Å². The average Bonchev–Trinajstić information content (AvgIpc) is 2.13. The van der Waals surface area contributed by atoms with Gasteiger partial charge in [0.05, 0.1) is 0 Å². The van der Waals surface area contributed by atoms with E-state index in [-0.39, 0.29) is 6.19 Å². The minimum absolute atomic E-state index is 0.120. The molecule has 0 N–H and O–H groups in total. The molecule has 0 unspecified atom stereocenters. The van der Waals surface area contributed by atoms with Crippen molar-refractivity contribution in [2.24, 2.45) is 0 Å². The smallest absolute Gasteiger partial charge is 0.0635 e. The Morgan fingerprint density at radius 2 is 1.82 bits per heavy atom. The van der Waals surface area contributed by atoms with Crippen molar-refractivity contribution >= 4 is 6.19 Å². The molecule has 0 aliphatic rings. The third-order valence-corrected chi connectivity index (χ3v) is 1.06. The van der Waals surface area contributed by atoms with Crippen LogP contribution in [0.25, 0.3) is 0 Å². The molecule has 0 aliphatic heterocycles. The second-order valence-corrected chi connectivity index (χ2v) is 9.65. The molecule has 0 spiro atoms. The van der Waals surface area contributed by atoms with Gasteiger partial charge in [0.1, 0.15) is 0 Å². The van der Waals surface area contributed by atoms with Crippen LogP contribution in [0, 0.1) is 13.8 Å². The van der Waals surface area contributed by atoms with E-state index in [0.29, 0.717) is 0 Å². The minimum Gasteiger partial charge on any atom is -0.208 e. The summed E-state index contributed by atoms with van der Waals surface area (Å²) >= 11 is 2.27. The molecule has 0 nitrogen and oxygen atoms in total. The average molecular weight is 199 g/mol. The van der Waals surface area contributed by atoms with Gasteiger partial charge in [0, 0.05) is 0 Å². The number of aryl methyl sites for hydroxylation is 2. The van der Waals surface area contributed by atoms with Crippen LogP contribution in [0.1, 0.15) is 11.1 Å². The summed E-state index contributed by atoms with van der Waals surface area (Å²) in [5, 5.41) is 0. The molecule has 0 aliphatic carbocycles. The predicted octanol–water partition coefficient (Wildman–Crippen LogP) is 2.81. The molecular formula is C9H15SiTi. The van der Waals surface area contributed by atoms with E-state index in [1.54, 1.807) is 0 Å². The summed E-state index contributed by atoms with van der Waals surface area (Å²) < 4.78 is 0. The van der Waals surface area contributed by atoms with E-state index >= 15 is 0 Å². The van der Waals surface area contributed by atoms with Crippen LogP contribution < -0.4 is 0 Å². The van der Waals surface area contributed by atoms with Crippen molar-refractivity contribution in [3.05, 3.63) is 29.3 Å². The maximum Gasteiger partial charge on any atom is -0.0635 e. The molecule has 0 aromatic heterocycles. The van der Waals surface area contributed by atoms with Gasteiger partial charge in [-0.15, -0.1) is 0 Å². The van der Waals surface area contributed by atoms with Gasteiger partial charge < -0.3 is 0 Å². The van der Waals surface area contributed by atoms with Crippen molar-refractivity contribution in [3.8, 4) is 0 Å². The van der Waals surface area contributed by atoms with Gasteiger partial charge in [-0.05, 0) is 0 Å². The van der Waals surface area contributed by atoms with Gasteiger partial charge in [0.25, 0.3) is 0 Å². The molecule has 1 aromatic rings. The van der Waals surface area contributed by atoms with Crippen molar-refractivity contribution in [1.82, 2.24) is 0 Å². The molecule has 59 valence electrons. The Morgan fingerprint density at radius 3 is 1.91 bits per heavy atom. The van der Waals surface area contributed by atoms with E-state index in [9.17, 15) is 0 Å². The third kappa shape index (κ3) is 8.19. The van der Waals surface area contributed by atoms with Crippen LogP contribution in [0.15, 0.2) is 18.2 Å². The fourth-order valence-corrected chi connectivity index (χ4v) is 0.718. The van der Waals surface area contributed by atoms with Crippen LogP contribution in [-0.2, 0) is 19.2 Å². The molecule has 0 fully saturated rings. The second-order valence-electron chi connectivity index (χ2n) is 2.97. The van der Waals surface area contributed by atoms with Gasteiger partial charge in [0.2, 0.25) is 0 Å². The van der Waals surface area contributed by atoms with Crippen LogP contribution in [0.2, 0.25) is 13.1 Å². The Labute approximate surface area is 81.6 Å². The van der Waals surface area contributed by atoms with Crippen LogP contribution >= 0.6 is 0 Å². The Balaban J connectivity index is 0.000000218. The quantitative estimate of drug-likeness (QED) is 0.445. The molecule has 11 heavy (non-hydrogen) atoms. The Kier molecular flexibility index (Phi) is 6.02. The van der Waals surface area contributed by atoms with E-state index in [0.717, 1.165) is 0 Å². The zero-order chi connectivity index (χ0) is 8.85. The minimum atomic E-state index is 0.120. The first-order valence-electron chi connectivity index (χ1n) is 3.74. The fraction of sp³-hybridized carbons (Fsp3) is 0.444. The monoisotopic (exact) mass is 199 g/mol. The first-order valence-corrected chi connectivity index (χ1v) is 8.58. The van der Waals surface area contributed by atoms with Crippen molar-refractivity contribution in [2.45, 2.75) is 26.9 Å². The van der Waals surface area contributed by atoms with Crippen molar-refractivity contribution in [3.63, 3.8) is 0 Å². The molecule has 0 atom stereocenters. The molecular weight excluding hydrogens is 184 g/mol. The molecule has 1 aromatic carbocycles. The molecule has 1 rings (SSSR count). The first kappa shape index (κ1) is 11.3. The summed E-state index contributed by atoms with van der Waals surface area (Å²) in [6, 6.07) is 6.41. The number of rotatable bonds is 0. The van der Waals surface area contributed by atoms with E-state index < -0.39 is 0 Å². The summed E-state index contributed by atoms with van der Waals surface area (Å²) in [4.78, 5) is 0. The van der Waals surface area contributed by atoms with Gasteiger partial charge in [-0.2, -0.15) is 17.7 Å². The molecule has 2 heteroatoms. The summed E-state index contributed by atoms with van der Waals surface area (Å²) in [5.41, 5.74) is 2.72. The largest absolute Gasteiger partial charge is 0.208 e. The normalized spacial score (nSPS) is 8.55. The second kappa shape index (κ2) is 5.87. The Morgan fingerprint density at radius 1 is 1.36 bits per heavy atom. The topological polar surface area (TPSA) is 0 Å². The number of hydrogen-bond acceptors (Lipinski definition) is 0. The molecule has 0 amide bonds. The molecule has 0 saturated carbocycles. The summed E-state index contributed by atoms with van der Waals surface area (Å²) in [6.45, 7) is 8.75. The maximum atomic E-state index is 2.27. The van der Waals surface area contributed by atoms with E-state index in [1.165, 1.54) is 11.1 Å². The van der Waals surface area contributed by atoms with Crippen LogP contribution in [0.4, 0.5) is 0 Å². The predicted molar refractivity (Wildman–Crippen MR) is 49.0 cm³/mol. The summed E-state index contributed by atoms with van der Waals surface area (Å²) in [6.07, 6.45) is 0.120. The zero-order valence-corrected chi connectivity index (χ0v) is 10.3. The standard InChI is InChI=1S/C7H9.C2H6Si.Ti/c1-6-3-4-7(2)5-6;1-3-2;/h3-5H,1-2H3;1-2H3;/q-1;;+1. The zero-order valence-electron chi connectivity index (χ0n) is 7.73. The van der Waals surface area contributed by atoms with Gasteiger partial charge >= 0.3 is 38.5 Å². The fourth-order valence-electron chi connectivity index (χ4n) is 0.718. The van der Waals surface area contributed by atoms with Gasteiger partial charge in [-0.25, -0.2) is 11.6 Å². The molecule has 0 radical (unpaired) electrons. The van der Waals surface area contributed by atoms with E-state index in [2.05, 4.69) is 64.3 Å². The van der Waals surface area contributed by atoms with Crippen molar-refractivity contribution < 1.29 is 19.2 Å². The Bertz CT molecular complexity index is 205. The Hall–Kier alpha value is 0.281. The van der Waals surface area contributed by atoms with Crippen molar-refractivity contribution in [1.29, 1.82) is 0 Å². The van der Waals surface area contributed by atoms with E-state index in [4.69, 9.17) is 0 Å². The SMILES string of the molecule is C[Si](C)=[Ti+].Cc1c[cH-]c(C)c1. The maximum absolute atomic E-state index is 2.27. The van der Waals surface area contributed by atoms with Gasteiger partial charge in [-0.1, -0.05) is 13.8 Å². The summed E-state index contributed by atoms with van der Waals surface area (Å²) in [7, 11) is 0.